The van der Waals surface area contributed by atoms with Crippen molar-refractivity contribution in [1.82, 2.24) is 24.8 Å². The molecule has 3 fully saturated rings. The number of aliphatic hydroxyl groups is 1. The number of amidine groups is 1. The molecule has 7 heterocycles. The van der Waals surface area contributed by atoms with Gasteiger partial charge in [-0.2, -0.15) is 4.99 Å². The van der Waals surface area contributed by atoms with Crippen molar-refractivity contribution in [2.24, 2.45) is 9.98 Å². The number of nitrogens with two attached hydrogens (primary N) is 1. The summed E-state index contributed by atoms with van der Waals surface area (Å²) in [6.07, 6.45) is -5.41. The van der Waals surface area contributed by atoms with Crippen molar-refractivity contribution < 1.29 is 56.4 Å². The number of aliphatic imine (C=N–C) groups is 2. The summed E-state index contributed by atoms with van der Waals surface area (Å²) in [7, 11) is -9.86. The van der Waals surface area contributed by atoms with E-state index in [1.54, 1.807) is 16.8 Å². The monoisotopic (exact) mass is 657 g/mol. The second-order valence-corrected chi connectivity index (χ2v) is 13.1. The molecule has 2 aromatic heterocycles. The van der Waals surface area contributed by atoms with Gasteiger partial charge in [-0.3, -0.25) is 43.5 Å². The molecule has 0 aliphatic carbocycles. The molecule has 2 aromatic rings. The highest BCUT2D eigenvalue weighted by molar-refractivity contribution is 7.47. The van der Waals surface area contributed by atoms with Crippen LogP contribution in [0.15, 0.2) is 28.6 Å². The fraction of sp³-hybridized carbons (Fsp3) is 0.524. The first-order chi connectivity index (χ1) is 20.9. The van der Waals surface area contributed by atoms with Crippen molar-refractivity contribution in [1.29, 1.82) is 5.41 Å². The van der Waals surface area contributed by atoms with E-state index in [0.29, 0.717) is 11.0 Å². The minimum absolute atomic E-state index is 0.0282. The standard InChI is InChI=1S/C21H25N9O12P2/c22-16-8-1-2-29(17(8)25-6-24-16)12-3-9-10(39-12)4-37-44(35,36)42-15-14(31)11(5-38-43(33,34)41-9)40-20(15)30-7-26-13-18(30)27-21(23)28-19(13)32/h1-2,6-7,9-15,20,31H,3-5H2,(H,33,34)(H,35,36)(H2,22,24,25)(H2,23,28,32)/t9?,10-,11-,12-,13?,14?,15+,20-/m1/s1. The van der Waals surface area contributed by atoms with E-state index in [1.165, 1.54) is 6.33 Å². The van der Waals surface area contributed by atoms with Crippen LogP contribution in [0.3, 0.4) is 0 Å². The number of aromatic nitrogens is 3. The zero-order chi connectivity index (χ0) is 31.0. The molecule has 21 nitrogen and oxygen atoms in total. The summed E-state index contributed by atoms with van der Waals surface area (Å²) in [6, 6.07) is 0.508. The Bertz CT molecular complexity index is 1690. The average Bonchev–Trinajstić information content (AvgIpc) is 3.72. The number of amides is 1. The number of ether oxygens (including phenoxy) is 2. The van der Waals surface area contributed by atoms with Crippen molar-refractivity contribution >= 4 is 56.5 Å². The third kappa shape index (κ3) is 5.25. The van der Waals surface area contributed by atoms with Gasteiger partial charge in [0.15, 0.2) is 18.1 Å². The lowest BCUT2D eigenvalue weighted by Gasteiger charge is -2.31. The molecule has 0 saturated carbocycles. The van der Waals surface area contributed by atoms with Gasteiger partial charge in [-0.1, -0.05) is 0 Å². The number of carbonyl (C=O) groups excluding carboxylic acids is 1. The molecule has 10 atom stereocenters. The first-order valence-electron chi connectivity index (χ1n) is 13.1. The first-order valence-corrected chi connectivity index (χ1v) is 16.1. The van der Waals surface area contributed by atoms with E-state index in [-0.39, 0.29) is 18.1 Å². The van der Waals surface area contributed by atoms with Crippen LogP contribution in [0.1, 0.15) is 12.6 Å². The maximum atomic E-state index is 13.2. The molecule has 0 aromatic carbocycles. The molecule has 0 radical (unpaired) electrons. The van der Waals surface area contributed by atoms with Gasteiger partial charge in [0.05, 0.1) is 24.9 Å². The maximum absolute atomic E-state index is 13.2. The van der Waals surface area contributed by atoms with E-state index in [0.717, 1.165) is 11.2 Å². The number of hydrogen-bond donors (Lipinski definition) is 6. The van der Waals surface area contributed by atoms with Crippen LogP contribution in [0, 0.1) is 5.41 Å². The van der Waals surface area contributed by atoms with Crippen LogP contribution >= 0.6 is 15.6 Å². The van der Waals surface area contributed by atoms with Crippen LogP contribution < -0.4 is 11.1 Å². The van der Waals surface area contributed by atoms with Gasteiger partial charge in [0.2, 0.25) is 5.96 Å². The Morgan fingerprint density at radius 3 is 2.61 bits per heavy atom. The normalized spacial score (nSPS) is 41.0. The fourth-order valence-electron chi connectivity index (χ4n) is 5.50. The summed E-state index contributed by atoms with van der Waals surface area (Å²) >= 11 is 0. The predicted molar refractivity (Wildman–Crippen MR) is 144 cm³/mol. The highest BCUT2D eigenvalue weighted by atomic mass is 31.2. The second kappa shape index (κ2) is 10.7. The lowest BCUT2D eigenvalue weighted by molar-refractivity contribution is -0.119. The van der Waals surface area contributed by atoms with Gasteiger partial charge in [-0.25, -0.2) is 19.1 Å². The molecule has 7 N–H and O–H groups in total. The summed E-state index contributed by atoms with van der Waals surface area (Å²) in [6.45, 7) is -1.38. The molecule has 1 amide bonds. The van der Waals surface area contributed by atoms with E-state index in [2.05, 4.69) is 25.3 Å². The summed E-state index contributed by atoms with van der Waals surface area (Å²) in [5, 5.41) is 21.5. The molecule has 23 heteroatoms. The Balaban J connectivity index is 1.16. The molecular formula is C21H25N9O12P2. The lowest BCUT2D eigenvalue weighted by atomic mass is 10.1. The van der Waals surface area contributed by atoms with E-state index >= 15 is 0 Å². The summed E-state index contributed by atoms with van der Waals surface area (Å²) < 4.78 is 60.8. The van der Waals surface area contributed by atoms with Crippen LogP contribution in [-0.4, -0.2) is 114 Å². The number of aliphatic hydroxyl groups excluding tert-OH is 1. The largest absolute Gasteiger partial charge is 0.472 e. The van der Waals surface area contributed by atoms with Gasteiger partial charge in [0, 0.05) is 12.6 Å². The number of nitrogens with one attached hydrogen (secondary N) is 2. The quantitative estimate of drug-likeness (QED) is 0.202. The zero-order valence-corrected chi connectivity index (χ0v) is 24.0. The van der Waals surface area contributed by atoms with Gasteiger partial charge in [-0.15, -0.1) is 0 Å². The van der Waals surface area contributed by atoms with Crippen molar-refractivity contribution in [3.05, 3.63) is 18.6 Å². The summed E-state index contributed by atoms with van der Waals surface area (Å²) in [5.74, 6) is -0.988. The Hall–Kier alpha value is -3.20. The van der Waals surface area contributed by atoms with Crippen LogP contribution in [0.25, 0.3) is 11.0 Å². The first kappa shape index (κ1) is 29.5. The molecule has 5 aliphatic rings. The van der Waals surface area contributed by atoms with Crippen molar-refractivity contribution in [2.75, 3.05) is 18.9 Å². The van der Waals surface area contributed by atoms with Crippen molar-refractivity contribution in [3.63, 3.8) is 0 Å². The Morgan fingerprint density at radius 2 is 1.82 bits per heavy atom. The highest BCUT2D eigenvalue weighted by Crippen LogP contribution is 2.53. The number of hydrogen-bond acceptors (Lipinski definition) is 16. The molecule has 5 aliphatic heterocycles. The van der Waals surface area contributed by atoms with Gasteiger partial charge in [-0.05, 0) is 6.07 Å². The minimum atomic E-state index is -5.01. The topological polar surface area (TPSA) is 288 Å². The molecular weight excluding hydrogens is 632 g/mol. The van der Waals surface area contributed by atoms with Gasteiger partial charge < -0.3 is 34.7 Å². The van der Waals surface area contributed by atoms with Crippen LogP contribution in [0.5, 0.6) is 0 Å². The van der Waals surface area contributed by atoms with Gasteiger partial charge in [0.25, 0.3) is 5.91 Å². The van der Waals surface area contributed by atoms with Crippen LogP contribution in [0.2, 0.25) is 0 Å². The lowest BCUT2D eigenvalue weighted by Crippen LogP contribution is -2.53. The predicted octanol–water partition coefficient (Wildman–Crippen LogP) is -1.42. The Kier molecular flexibility index (Phi) is 7.18. The number of nitrogen functional groups attached to an aromatic ring is 1. The molecule has 7 rings (SSSR count). The minimum Gasteiger partial charge on any atom is -0.387 e. The smallest absolute Gasteiger partial charge is 0.387 e. The zero-order valence-electron chi connectivity index (χ0n) is 22.2. The SMILES string of the molecule is N=C1N=C2C(N=CN2[C@@H]2O[C@@H]3COP(=O)(O)OC4C[C@H](n5ccc6c(N)ncnc65)O[C@@H]4COP(=O)(O)O[C@H]2C3O)C(=O)N1. The number of rotatable bonds is 2. The van der Waals surface area contributed by atoms with Crippen LogP contribution in [0.4, 0.5) is 5.82 Å². The number of fused-ring (bicyclic) bond motifs is 5. The number of phosphoric ester groups is 2. The summed E-state index contributed by atoms with van der Waals surface area (Å²) in [4.78, 5) is 50.8. The van der Waals surface area contributed by atoms with E-state index in [1.807, 2.05) is 0 Å². The molecule has 5 unspecified atom stereocenters. The number of guanidine groups is 1. The fourth-order valence-corrected chi connectivity index (χ4v) is 7.40. The number of anilines is 1. The molecule has 44 heavy (non-hydrogen) atoms. The second-order valence-electron chi connectivity index (χ2n) is 10.3. The molecule has 236 valence electrons. The van der Waals surface area contributed by atoms with Gasteiger partial charge in [0.1, 0.15) is 54.5 Å². The third-order valence-corrected chi connectivity index (χ3v) is 9.51. The average molecular weight is 657 g/mol. The Labute approximate surface area is 246 Å². The third-order valence-electron chi connectivity index (χ3n) is 7.51. The van der Waals surface area contributed by atoms with Gasteiger partial charge >= 0.3 is 15.6 Å². The molecule has 3 saturated heterocycles. The summed E-state index contributed by atoms with van der Waals surface area (Å²) in [5.41, 5.74) is 6.33. The van der Waals surface area contributed by atoms with Crippen LogP contribution in [-0.2, 0) is 41.5 Å². The van der Waals surface area contributed by atoms with Crippen molar-refractivity contribution in [3.8, 4) is 0 Å². The van der Waals surface area contributed by atoms with E-state index in [4.69, 9.17) is 38.7 Å². The number of carbonyl (C=O) groups is 1. The number of nitrogens with zero attached hydrogens (tertiary/aromatic N) is 6. The maximum Gasteiger partial charge on any atom is 0.472 e. The van der Waals surface area contributed by atoms with E-state index < -0.39 is 89.7 Å². The highest BCUT2D eigenvalue weighted by Gasteiger charge is 2.55. The Morgan fingerprint density at radius 1 is 1.07 bits per heavy atom. The number of phosphoric acid groups is 2. The van der Waals surface area contributed by atoms with E-state index in [9.17, 15) is 28.8 Å². The molecule has 0 spiro atoms. The molecule has 2 bridgehead atoms. The van der Waals surface area contributed by atoms with Crippen molar-refractivity contribution in [2.45, 2.75) is 55.4 Å².